The zero-order chi connectivity index (χ0) is 11.0. The third kappa shape index (κ3) is 1.58. The van der Waals surface area contributed by atoms with Gasteiger partial charge in [-0.1, -0.05) is 6.42 Å². The van der Waals surface area contributed by atoms with Crippen molar-refractivity contribution in [3.05, 3.63) is 17.1 Å². The molecule has 0 radical (unpaired) electrons. The van der Waals surface area contributed by atoms with E-state index < -0.39 is 0 Å². The van der Waals surface area contributed by atoms with Gasteiger partial charge < -0.3 is 5.32 Å². The van der Waals surface area contributed by atoms with Crippen LogP contribution in [0.3, 0.4) is 0 Å². The Morgan fingerprint density at radius 1 is 1.06 bits per heavy atom. The summed E-state index contributed by atoms with van der Waals surface area (Å²) >= 11 is 0. The Morgan fingerprint density at radius 3 is 2.56 bits per heavy atom. The number of fused-ring (bicyclic) bond motifs is 1. The van der Waals surface area contributed by atoms with Gasteiger partial charge in [-0.2, -0.15) is 0 Å². The number of hydrogen-bond donors (Lipinski definition) is 1. The molecule has 1 aromatic heterocycles. The van der Waals surface area contributed by atoms with Crippen molar-refractivity contribution in [2.45, 2.75) is 50.9 Å². The van der Waals surface area contributed by atoms with Crippen LogP contribution in [0.5, 0.6) is 0 Å². The van der Waals surface area contributed by atoms with Gasteiger partial charge in [0.05, 0.1) is 0 Å². The van der Waals surface area contributed by atoms with Gasteiger partial charge in [0.15, 0.2) is 0 Å². The predicted molar refractivity (Wildman–Crippen MR) is 64.8 cm³/mol. The van der Waals surface area contributed by atoms with Crippen molar-refractivity contribution >= 4 is 5.82 Å². The highest BCUT2D eigenvalue weighted by atomic mass is 15.0. The Bertz CT molecular complexity index is 379. The van der Waals surface area contributed by atoms with E-state index in [1.54, 1.807) is 0 Å². The number of aryl methyl sites for hydroxylation is 1. The molecule has 1 aromatic rings. The van der Waals surface area contributed by atoms with Gasteiger partial charge in [0.25, 0.3) is 0 Å². The first-order valence-electron chi connectivity index (χ1n) is 6.46. The van der Waals surface area contributed by atoms with Crippen molar-refractivity contribution in [3.8, 4) is 0 Å². The van der Waals surface area contributed by atoms with Crippen molar-refractivity contribution in [1.29, 1.82) is 0 Å². The van der Waals surface area contributed by atoms with E-state index in [1.165, 1.54) is 43.4 Å². The van der Waals surface area contributed by atoms with Crippen molar-refractivity contribution in [1.82, 2.24) is 9.97 Å². The van der Waals surface area contributed by atoms with E-state index in [0.29, 0.717) is 5.92 Å². The van der Waals surface area contributed by atoms with Crippen LogP contribution in [0.2, 0.25) is 0 Å². The molecule has 1 heterocycles. The molecule has 3 nitrogen and oxygen atoms in total. The highest BCUT2D eigenvalue weighted by molar-refractivity contribution is 5.47. The molecule has 0 aliphatic heterocycles. The van der Waals surface area contributed by atoms with Gasteiger partial charge >= 0.3 is 0 Å². The van der Waals surface area contributed by atoms with Gasteiger partial charge in [-0.3, -0.25) is 0 Å². The molecule has 0 unspecified atom stereocenters. The molecule has 0 bridgehead atoms. The molecule has 0 atom stereocenters. The standard InChI is InChI=1S/C13H19N3/c1-14-13-10-7-2-3-8-11(10)15-12(16-13)9-5-4-6-9/h9H,2-8H2,1H3,(H,14,15,16). The summed E-state index contributed by atoms with van der Waals surface area (Å²) in [7, 11) is 1.97. The number of nitrogens with zero attached hydrogens (tertiary/aromatic N) is 2. The second-order valence-corrected chi connectivity index (χ2v) is 4.94. The van der Waals surface area contributed by atoms with Crippen LogP contribution >= 0.6 is 0 Å². The van der Waals surface area contributed by atoms with Crippen molar-refractivity contribution in [2.24, 2.45) is 0 Å². The molecule has 0 saturated heterocycles. The second kappa shape index (κ2) is 4.04. The fraction of sp³-hybridized carbons (Fsp3) is 0.692. The summed E-state index contributed by atoms with van der Waals surface area (Å²) in [4.78, 5) is 9.50. The quantitative estimate of drug-likeness (QED) is 0.827. The second-order valence-electron chi connectivity index (χ2n) is 4.94. The minimum Gasteiger partial charge on any atom is -0.373 e. The number of nitrogens with one attached hydrogen (secondary N) is 1. The first-order chi connectivity index (χ1) is 7.88. The average Bonchev–Trinajstić information content (AvgIpc) is 2.25. The fourth-order valence-corrected chi connectivity index (χ4v) is 2.67. The highest BCUT2D eigenvalue weighted by Gasteiger charge is 2.25. The number of hydrogen-bond acceptors (Lipinski definition) is 3. The predicted octanol–water partition coefficient (Wildman–Crippen LogP) is 2.66. The smallest absolute Gasteiger partial charge is 0.134 e. The highest BCUT2D eigenvalue weighted by Crippen LogP contribution is 2.36. The van der Waals surface area contributed by atoms with E-state index in [1.807, 2.05) is 7.05 Å². The van der Waals surface area contributed by atoms with Gasteiger partial charge in [-0.05, 0) is 38.5 Å². The first kappa shape index (κ1) is 10.1. The Balaban J connectivity index is 2.01. The number of anilines is 1. The maximum Gasteiger partial charge on any atom is 0.134 e. The molecule has 86 valence electrons. The molecular weight excluding hydrogens is 198 g/mol. The summed E-state index contributed by atoms with van der Waals surface area (Å²) in [5.74, 6) is 2.82. The maximum absolute atomic E-state index is 4.79. The lowest BCUT2D eigenvalue weighted by Gasteiger charge is -2.26. The van der Waals surface area contributed by atoms with Crippen LogP contribution in [0, 0.1) is 0 Å². The Kier molecular flexibility index (Phi) is 2.54. The first-order valence-corrected chi connectivity index (χ1v) is 6.46. The monoisotopic (exact) mass is 217 g/mol. The van der Waals surface area contributed by atoms with Crippen molar-refractivity contribution in [2.75, 3.05) is 12.4 Å². The molecule has 3 rings (SSSR count). The lowest BCUT2D eigenvalue weighted by Crippen LogP contribution is -2.18. The molecule has 1 fully saturated rings. The molecule has 1 N–H and O–H groups in total. The largest absolute Gasteiger partial charge is 0.373 e. The zero-order valence-electron chi connectivity index (χ0n) is 9.92. The third-order valence-corrected chi connectivity index (χ3v) is 3.91. The fourth-order valence-electron chi connectivity index (χ4n) is 2.67. The lowest BCUT2D eigenvalue weighted by atomic mass is 9.84. The van der Waals surface area contributed by atoms with Crippen LogP contribution in [-0.4, -0.2) is 17.0 Å². The van der Waals surface area contributed by atoms with Crippen LogP contribution in [0.15, 0.2) is 0 Å². The number of rotatable bonds is 2. The van der Waals surface area contributed by atoms with Crippen LogP contribution in [-0.2, 0) is 12.8 Å². The van der Waals surface area contributed by atoms with E-state index in [9.17, 15) is 0 Å². The van der Waals surface area contributed by atoms with Gasteiger partial charge in [0.2, 0.25) is 0 Å². The molecule has 1 saturated carbocycles. The van der Waals surface area contributed by atoms with Crippen molar-refractivity contribution < 1.29 is 0 Å². The van der Waals surface area contributed by atoms with Crippen molar-refractivity contribution in [3.63, 3.8) is 0 Å². The summed E-state index contributed by atoms with van der Waals surface area (Å²) in [6.45, 7) is 0. The van der Waals surface area contributed by atoms with Crippen LogP contribution in [0.4, 0.5) is 5.82 Å². The lowest BCUT2D eigenvalue weighted by molar-refractivity contribution is 0.399. The number of aromatic nitrogens is 2. The topological polar surface area (TPSA) is 37.8 Å². The minimum atomic E-state index is 0.638. The summed E-state index contributed by atoms with van der Waals surface area (Å²) in [6, 6.07) is 0. The van der Waals surface area contributed by atoms with E-state index in [-0.39, 0.29) is 0 Å². The van der Waals surface area contributed by atoms with E-state index >= 15 is 0 Å². The van der Waals surface area contributed by atoms with E-state index in [2.05, 4.69) is 5.32 Å². The maximum atomic E-state index is 4.79. The normalized spacial score (nSPS) is 20.1. The summed E-state index contributed by atoms with van der Waals surface area (Å²) < 4.78 is 0. The SMILES string of the molecule is CNc1nc(C2CCC2)nc2c1CCCC2. The molecule has 0 spiro atoms. The molecule has 16 heavy (non-hydrogen) atoms. The van der Waals surface area contributed by atoms with Gasteiger partial charge in [0.1, 0.15) is 11.6 Å². The van der Waals surface area contributed by atoms with Crippen LogP contribution < -0.4 is 5.32 Å². The molecule has 2 aliphatic rings. The minimum absolute atomic E-state index is 0.638. The van der Waals surface area contributed by atoms with Gasteiger partial charge in [-0.15, -0.1) is 0 Å². The molecule has 0 aromatic carbocycles. The summed E-state index contributed by atoms with van der Waals surface area (Å²) in [5, 5.41) is 3.25. The Morgan fingerprint density at radius 2 is 1.88 bits per heavy atom. The summed E-state index contributed by atoms with van der Waals surface area (Å²) in [5.41, 5.74) is 2.68. The molecule has 3 heteroatoms. The average molecular weight is 217 g/mol. The van der Waals surface area contributed by atoms with Crippen LogP contribution in [0.1, 0.15) is 55.1 Å². The molecule has 0 amide bonds. The Hall–Kier alpha value is -1.12. The summed E-state index contributed by atoms with van der Waals surface area (Å²) in [6.07, 6.45) is 8.78. The van der Waals surface area contributed by atoms with E-state index in [4.69, 9.17) is 9.97 Å². The molecular formula is C13H19N3. The van der Waals surface area contributed by atoms with E-state index in [0.717, 1.165) is 24.5 Å². The van der Waals surface area contributed by atoms with Gasteiger partial charge in [-0.25, -0.2) is 9.97 Å². The Labute approximate surface area is 96.7 Å². The van der Waals surface area contributed by atoms with Gasteiger partial charge in [0, 0.05) is 24.2 Å². The third-order valence-electron chi connectivity index (χ3n) is 3.91. The van der Waals surface area contributed by atoms with Crippen LogP contribution in [0.25, 0.3) is 0 Å². The zero-order valence-corrected chi connectivity index (χ0v) is 9.92. The molecule has 2 aliphatic carbocycles.